The molecule has 0 spiro atoms. The van der Waals surface area contributed by atoms with E-state index in [1.807, 2.05) is 37.3 Å². The molecule has 2 aromatic carbocycles. The highest BCUT2D eigenvalue weighted by molar-refractivity contribution is 5.29. The molecule has 0 aliphatic carbocycles. The van der Waals surface area contributed by atoms with Crippen molar-refractivity contribution in [2.24, 2.45) is 0 Å². The first-order chi connectivity index (χ1) is 9.28. The highest BCUT2D eigenvalue weighted by atomic mass is 16.5. The standard InChI is InChI=1S/C16H19NO2/c1-2-19-16-5-3-4-14(10-16)12-17-11-13-6-8-15(18)9-7-13/h3-10,17-18H,2,11-12H2,1H3. The molecule has 3 heteroatoms. The first-order valence-corrected chi connectivity index (χ1v) is 6.48. The Hall–Kier alpha value is -2.00. The van der Waals surface area contributed by atoms with E-state index in [1.54, 1.807) is 12.1 Å². The lowest BCUT2D eigenvalue weighted by atomic mass is 10.2. The van der Waals surface area contributed by atoms with Crippen LogP contribution in [0.3, 0.4) is 0 Å². The van der Waals surface area contributed by atoms with Gasteiger partial charge in [-0.25, -0.2) is 0 Å². The summed E-state index contributed by atoms with van der Waals surface area (Å²) in [5.41, 5.74) is 2.35. The molecule has 0 saturated carbocycles. The van der Waals surface area contributed by atoms with E-state index in [4.69, 9.17) is 4.74 Å². The normalized spacial score (nSPS) is 10.4. The van der Waals surface area contributed by atoms with Gasteiger partial charge in [-0.1, -0.05) is 24.3 Å². The molecule has 0 bridgehead atoms. The van der Waals surface area contributed by atoms with Crippen molar-refractivity contribution in [2.45, 2.75) is 20.0 Å². The predicted molar refractivity (Wildman–Crippen MR) is 76.3 cm³/mol. The lowest BCUT2D eigenvalue weighted by Gasteiger charge is -2.08. The van der Waals surface area contributed by atoms with Gasteiger partial charge in [0.2, 0.25) is 0 Å². The Labute approximate surface area is 113 Å². The van der Waals surface area contributed by atoms with E-state index < -0.39 is 0 Å². The van der Waals surface area contributed by atoms with Crippen LogP contribution in [0.5, 0.6) is 11.5 Å². The number of nitrogens with one attached hydrogen (secondary N) is 1. The SMILES string of the molecule is CCOc1cccc(CNCc2ccc(O)cc2)c1. The van der Waals surface area contributed by atoms with Crippen molar-refractivity contribution in [1.29, 1.82) is 0 Å². The third kappa shape index (κ3) is 4.30. The van der Waals surface area contributed by atoms with Gasteiger partial charge in [0, 0.05) is 13.1 Å². The molecule has 0 atom stereocenters. The molecule has 0 aliphatic rings. The van der Waals surface area contributed by atoms with E-state index in [2.05, 4.69) is 11.4 Å². The predicted octanol–water partition coefficient (Wildman–Crippen LogP) is 3.08. The minimum atomic E-state index is 0.299. The maximum Gasteiger partial charge on any atom is 0.119 e. The summed E-state index contributed by atoms with van der Waals surface area (Å²) in [7, 11) is 0. The van der Waals surface area contributed by atoms with Crippen molar-refractivity contribution in [1.82, 2.24) is 5.32 Å². The first kappa shape index (κ1) is 13.4. The van der Waals surface area contributed by atoms with Crippen LogP contribution >= 0.6 is 0 Å². The zero-order chi connectivity index (χ0) is 13.5. The Morgan fingerprint density at radius 3 is 2.47 bits per heavy atom. The number of rotatable bonds is 6. The van der Waals surface area contributed by atoms with Gasteiger partial charge in [-0.3, -0.25) is 0 Å². The van der Waals surface area contributed by atoms with Crippen LogP contribution in [0.2, 0.25) is 0 Å². The van der Waals surface area contributed by atoms with Gasteiger partial charge < -0.3 is 15.2 Å². The molecule has 0 amide bonds. The van der Waals surface area contributed by atoms with Crippen molar-refractivity contribution in [3.05, 3.63) is 59.7 Å². The summed E-state index contributed by atoms with van der Waals surface area (Å²) < 4.78 is 5.47. The summed E-state index contributed by atoms with van der Waals surface area (Å²) in [4.78, 5) is 0. The van der Waals surface area contributed by atoms with Crippen LogP contribution in [-0.2, 0) is 13.1 Å². The zero-order valence-electron chi connectivity index (χ0n) is 11.1. The van der Waals surface area contributed by atoms with Crippen molar-refractivity contribution in [3.8, 4) is 11.5 Å². The summed E-state index contributed by atoms with van der Waals surface area (Å²) in [5.74, 6) is 1.21. The average molecular weight is 257 g/mol. The van der Waals surface area contributed by atoms with Gasteiger partial charge in [0.15, 0.2) is 0 Å². The van der Waals surface area contributed by atoms with Crippen LogP contribution in [-0.4, -0.2) is 11.7 Å². The fraction of sp³-hybridized carbons (Fsp3) is 0.250. The minimum absolute atomic E-state index is 0.299. The van der Waals surface area contributed by atoms with E-state index in [0.29, 0.717) is 12.4 Å². The van der Waals surface area contributed by atoms with Crippen LogP contribution in [0, 0.1) is 0 Å². The highest BCUT2D eigenvalue weighted by Gasteiger charge is 1.97. The Morgan fingerprint density at radius 1 is 1.00 bits per heavy atom. The zero-order valence-corrected chi connectivity index (χ0v) is 11.1. The molecule has 2 rings (SSSR count). The second-order valence-electron chi connectivity index (χ2n) is 4.35. The Balaban J connectivity index is 1.85. The molecule has 0 fully saturated rings. The lowest BCUT2D eigenvalue weighted by Crippen LogP contribution is -2.12. The third-order valence-corrected chi connectivity index (χ3v) is 2.80. The third-order valence-electron chi connectivity index (χ3n) is 2.80. The van der Waals surface area contributed by atoms with Crippen LogP contribution in [0.15, 0.2) is 48.5 Å². The smallest absolute Gasteiger partial charge is 0.119 e. The summed E-state index contributed by atoms with van der Waals surface area (Å²) in [6.07, 6.45) is 0. The van der Waals surface area contributed by atoms with Crippen molar-refractivity contribution in [2.75, 3.05) is 6.61 Å². The summed E-state index contributed by atoms with van der Waals surface area (Å²) >= 11 is 0. The number of phenols is 1. The summed E-state index contributed by atoms with van der Waals surface area (Å²) in [6.45, 7) is 4.24. The maximum absolute atomic E-state index is 9.21. The summed E-state index contributed by atoms with van der Waals surface area (Å²) in [5, 5.41) is 12.6. The van der Waals surface area contributed by atoms with Gasteiger partial charge in [-0.15, -0.1) is 0 Å². The van der Waals surface area contributed by atoms with Gasteiger partial charge >= 0.3 is 0 Å². The van der Waals surface area contributed by atoms with E-state index in [-0.39, 0.29) is 0 Å². The van der Waals surface area contributed by atoms with Crippen molar-refractivity contribution >= 4 is 0 Å². The average Bonchev–Trinajstić information content (AvgIpc) is 2.42. The molecule has 0 aliphatic heterocycles. The van der Waals surface area contributed by atoms with Crippen LogP contribution in [0.1, 0.15) is 18.1 Å². The van der Waals surface area contributed by atoms with Gasteiger partial charge in [-0.05, 0) is 42.3 Å². The molecule has 0 unspecified atom stereocenters. The number of hydrogen-bond acceptors (Lipinski definition) is 3. The Bertz CT molecular complexity index is 508. The second kappa shape index (κ2) is 6.81. The second-order valence-corrected chi connectivity index (χ2v) is 4.35. The van der Waals surface area contributed by atoms with Crippen LogP contribution < -0.4 is 10.1 Å². The molecular formula is C16H19NO2. The number of hydrogen-bond donors (Lipinski definition) is 2. The van der Waals surface area contributed by atoms with Crippen molar-refractivity contribution < 1.29 is 9.84 Å². The molecule has 0 heterocycles. The van der Waals surface area contributed by atoms with E-state index in [9.17, 15) is 5.11 Å². The molecule has 0 aromatic heterocycles. The monoisotopic (exact) mass is 257 g/mol. The van der Waals surface area contributed by atoms with Gasteiger partial charge in [0.05, 0.1) is 6.61 Å². The van der Waals surface area contributed by atoms with E-state index >= 15 is 0 Å². The quantitative estimate of drug-likeness (QED) is 0.835. The molecule has 2 aromatic rings. The number of aromatic hydroxyl groups is 1. The molecule has 100 valence electrons. The van der Waals surface area contributed by atoms with Crippen LogP contribution in [0.25, 0.3) is 0 Å². The fourth-order valence-electron chi connectivity index (χ4n) is 1.88. The van der Waals surface area contributed by atoms with E-state index in [0.717, 1.165) is 24.4 Å². The van der Waals surface area contributed by atoms with Gasteiger partial charge in [0.1, 0.15) is 11.5 Å². The maximum atomic E-state index is 9.21. The Morgan fingerprint density at radius 2 is 1.74 bits per heavy atom. The molecule has 0 saturated heterocycles. The number of benzene rings is 2. The molecule has 19 heavy (non-hydrogen) atoms. The van der Waals surface area contributed by atoms with E-state index in [1.165, 1.54) is 5.56 Å². The fourth-order valence-corrected chi connectivity index (χ4v) is 1.88. The highest BCUT2D eigenvalue weighted by Crippen LogP contribution is 2.13. The number of ether oxygens (including phenoxy) is 1. The van der Waals surface area contributed by atoms with Gasteiger partial charge in [0.25, 0.3) is 0 Å². The topological polar surface area (TPSA) is 41.5 Å². The molecule has 0 radical (unpaired) electrons. The largest absolute Gasteiger partial charge is 0.508 e. The van der Waals surface area contributed by atoms with Crippen molar-refractivity contribution in [3.63, 3.8) is 0 Å². The molecule has 3 nitrogen and oxygen atoms in total. The van der Waals surface area contributed by atoms with Gasteiger partial charge in [-0.2, -0.15) is 0 Å². The first-order valence-electron chi connectivity index (χ1n) is 6.48. The minimum Gasteiger partial charge on any atom is -0.508 e. The number of phenolic OH excluding ortho intramolecular Hbond substituents is 1. The van der Waals surface area contributed by atoms with Crippen LogP contribution in [0.4, 0.5) is 0 Å². The Kier molecular flexibility index (Phi) is 4.81. The molecular weight excluding hydrogens is 238 g/mol. The lowest BCUT2D eigenvalue weighted by molar-refractivity contribution is 0.340. The summed E-state index contributed by atoms with van der Waals surface area (Å²) in [6, 6.07) is 15.3. The molecule has 2 N–H and O–H groups in total.